The third-order valence-electron chi connectivity index (χ3n) is 5.08. The van der Waals surface area contributed by atoms with Gasteiger partial charge >= 0.3 is 0 Å². The molecule has 8 heteroatoms. The standard InChI is InChI=1S/C19H23FN2O3S.ClH/c1-13-18(9-8-17(25-2)19(13)20)26(23,24)22-11-15(10-21)16(12-22)14-6-4-3-5-7-14;/h3-9,15-16H,10-12,21H2,1-2H3;1H/t15-,16+;/m1./s1. The van der Waals surface area contributed by atoms with E-state index in [1.54, 1.807) is 0 Å². The summed E-state index contributed by atoms with van der Waals surface area (Å²) in [6, 6.07) is 12.5. The third-order valence-corrected chi connectivity index (χ3v) is 7.05. The van der Waals surface area contributed by atoms with E-state index in [4.69, 9.17) is 10.5 Å². The molecule has 1 aliphatic heterocycles. The van der Waals surface area contributed by atoms with Gasteiger partial charge in [-0.1, -0.05) is 30.3 Å². The van der Waals surface area contributed by atoms with Crippen LogP contribution in [-0.2, 0) is 10.0 Å². The van der Waals surface area contributed by atoms with Crippen LogP contribution in [0.15, 0.2) is 47.4 Å². The smallest absolute Gasteiger partial charge is 0.243 e. The fourth-order valence-electron chi connectivity index (χ4n) is 3.56. The Morgan fingerprint density at radius 1 is 1.19 bits per heavy atom. The molecule has 0 radical (unpaired) electrons. The van der Waals surface area contributed by atoms with Crippen molar-refractivity contribution >= 4 is 22.4 Å². The molecule has 1 heterocycles. The van der Waals surface area contributed by atoms with Crippen LogP contribution in [0.2, 0.25) is 0 Å². The van der Waals surface area contributed by atoms with Crippen molar-refractivity contribution in [1.29, 1.82) is 0 Å². The average molecular weight is 415 g/mol. The van der Waals surface area contributed by atoms with Crippen molar-refractivity contribution in [3.05, 3.63) is 59.4 Å². The van der Waals surface area contributed by atoms with E-state index in [9.17, 15) is 12.8 Å². The highest BCUT2D eigenvalue weighted by Gasteiger charge is 2.40. The maximum atomic E-state index is 14.3. The Labute approximate surface area is 165 Å². The Morgan fingerprint density at radius 3 is 2.44 bits per heavy atom. The van der Waals surface area contributed by atoms with E-state index in [1.807, 2.05) is 30.3 Å². The second kappa shape index (κ2) is 8.56. The highest BCUT2D eigenvalue weighted by atomic mass is 35.5. The van der Waals surface area contributed by atoms with E-state index in [0.717, 1.165) is 5.56 Å². The average Bonchev–Trinajstić information content (AvgIpc) is 3.09. The molecule has 2 aromatic carbocycles. The first-order valence-electron chi connectivity index (χ1n) is 8.48. The van der Waals surface area contributed by atoms with E-state index >= 15 is 0 Å². The highest BCUT2D eigenvalue weighted by Crippen LogP contribution is 2.36. The number of halogens is 2. The molecule has 2 atom stereocenters. The Hall–Kier alpha value is -1.67. The number of hydrogen-bond acceptors (Lipinski definition) is 4. The van der Waals surface area contributed by atoms with E-state index in [2.05, 4.69) is 0 Å². The topological polar surface area (TPSA) is 72.6 Å². The Kier molecular flexibility index (Phi) is 6.86. The van der Waals surface area contributed by atoms with Gasteiger partial charge in [0.2, 0.25) is 10.0 Å². The lowest BCUT2D eigenvalue weighted by Crippen LogP contribution is -2.30. The molecule has 0 bridgehead atoms. The van der Waals surface area contributed by atoms with Crippen LogP contribution in [0.5, 0.6) is 5.75 Å². The van der Waals surface area contributed by atoms with Crippen molar-refractivity contribution in [2.45, 2.75) is 17.7 Å². The molecule has 1 fully saturated rings. The zero-order valence-corrected chi connectivity index (χ0v) is 16.9. The Morgan fingerprint density at radius 2 is 1.85 bits per heavy atom. The van der Waals surface area contributed by atoms with Gasteiger partial charge in [-0.05, 0) is 37.1 Å². The van der Waals surface area contributed by atoms with Crippen molar-refractivity contribution in [3.63, 3.8) is 0 Å². The van der Waals surface area contributed by atoms with E-state index in [-0.39, 0.29) is 40.5 Å². The van der Waals surface area contributed by atoms with E-state index < -0.39 is 15.8 Å². The lowest BCUT2D eigenvalue weighted by Gasteiger charge is -2.19. The molecule has 2 N–H and O–H groups in total. The van der Waals surface area contributed by atoms with Gasteiger partial charge in [-0.2, -0.15) is 4.31 Å². The summed E-state index contributed by atoms with van der Waals surface area (Å²) in [5.74, 6) is -0.567. The summed E-state index contributed by atoms with van der Waals surface area (Å²) >= 11 is 0. The van der Waals surface area contributed by atoms with Gasteiger partial charge < -0.3 is 10.5 Å². The molecule has 0 unspecified atom stereocenters. The van der Waals surface area contributed by atoms with Gasteiger partial charge in [0.1, 0.15) is 0 Å². The summed E-state index contributed by atoms with van der Waals surface area (Å²) in [6.07, 6.45) is 0. The van der Waals surface area contributed by atoms with Gasteiger partial charge in [0, 0.05) is 24.6 Å². The lowest BCUT2D eigenvalue weighted by atomic mass is 9.89. The van der Waals surface area contributed by atoms with Crippen LogP contribution in [-0.4, -0.2) is 39.5 Å². The molecule has 148 valence electrons. The molecule has 2 aromatic rings. The van der Waals surface area contributed by atoms with Gasteiger partial charge in [0.05, 0.1) is 12.0 Å². The SMILES string of the molecule is COc1ccc(S(=O)(=O)N2C[C@@H](CN)[C@H](c3ccccc3)C2)c(C)c1F.Cl. The zero-order chi connectivity index (χ0) is 18.9. The first kappa shape index (κ1) is 21.6. The minimum atomic E-state index is -3.82. The number of nitrogens with two attached hydrogens (primary N) is 1. The normalized spacial score (nSPS) is 20.3. The molecule has 0 aliphatic carbocycles. The van der Waals surface area contributed by atoms with Crippen LogP contribution in [0.1, 0.15) is 17.0 Å². The quantitative estimate of drug-likeness (QED) is 0.816. The number of benzene rings is 2. The lowest BCUT2D eigenvalue weighted by molar-refractivity contribution is 0.383. The maximum absolute atomic E-state index is 14.3. The molecule has 5 nitrogen and oxygen atoms in total. The highest BCUT2D eigenvalue weighted by molar-refractivity contribution is 7.89. The minimum Gasteiger partial charge on any atom is -0.494 e. The van der Waals surface area contributed by atoms with Crippen LogP contribution in [0.4, 0.5) is 4.39 Å². The van der Waals surface area contributed by atoms with Gasteiger partial charge in [-0.3, -0.25) is 0 Å². The van der Waals surface area contributed by atoms with Gasteiger partial charge in [-0.25, -0.2) is 12.8 Å². The van der Waals surface area contributed by atoms with Crippen LogP contribution >= 0.6 is 12.4 Å². The first-order valence-corrected chi connectivity index (χ1v) is 9.92. The van der Waals surface area contributed by atoms with Crippen molar-refractivity contribution in [2.75, 3.05) is 26.7 Å². The molecular weight excluding hydrogens is 391 g/mol. The van der Waals surface area contributed by atoms with Crippen LogP contribution in [0.3, 0.4) is 0 Å². The van der Waals surface area contributed by atoms with Crippen LogP contribution in [0, 0.1) is 18.7 Å². The van der Waals surface area contributed by atoms with Crippen molar-refractivity contribution in [2.24, 2.45) is 11.7 Å². The van der Waals surface area contributed by atoms with Crippen molar-refractivity contribution < 1.29 is 17.5 Å². The number of methoxy groups -OCH3 is 1. The Bertz CT molecular complexity index is 893. The predicted octanol–water partition coefficient (Wildman–Crippen LogP) is 2.93. The summed E-state index contributed by atoms with van der Waals surface area (Å²) in [4.78, 5) is -0.0275. The monoisotopic (exact) mass is 414 g/mol. The number of nitrogens with zero attached hydrogens (tertiary/aromatic N) is 1. The second-order valence-corrected chi connectivity index (χ2v) is 8.45. The van der Waals surface area contributed by atoms with Crippen LogP contribution < -0.4 is 10.5 Å². The van der Waals surface area contributed by atoms with E-state index in [0.29, 0.717) is 19.6 Å². The maximum Gasteiger partial charge on any atom is 0.243 e. The van der Waals surface area contributed by atoms with Crippen molar-refractivity contribution in [3.8, 4) is 5.75 Å². The van der Waals surface area contributed by atoms with Crippen molar-refractivity contribution in [1.82, 2.24) is 4.31 Å². The predicted molar refractivity (Wildman–Crippen MR) is 105 cm³/mol. The summed E-state index contributed by atoms with van der Waals surface area (Å²) < 4.78 is 46.9. The van der Waals surface area contributed by atoms with Gasteiger partial charge in [0.15, 0.2) is 11.6 Å². The largest absolute Gasteiger partial charge is 0.494 e. The third kappa shape index (κ3) is 3.96. The molecule has 1 aliphatic rings. The first-order chi connectivity index (χ1) is 12.4. The summed E-state index contributed by atoms with van der Waals surface area (Å²) in [5, 5.41) is 0. The van der Waals surface area contributed by atoms with E-state index in [1.165, 1.54) is 30.5 Å². The molecular formula is C19H24ClFN2O3S. The molecule has 1 saturated heterocycles. The second-order valence-electron chi connectivity index (χ2n) is 6.54. The van der Waals surface area contributed by atoms with Crippen LogP contribution in [0.25, 0.3) is 0 Å². The molecule has 0 spiro atoms. The number of sulfonamides is 1. The number of hydrogen-bond donors (Lipinski definition) is 1. The van der Waals surface area contributed by atoms with Gasteiger partial charge in [0.25, 0.3) is 0 Å². The molecule has 0 aromatic heterocycles. The Balaban J connectivity index is 0.00000261. The molecule has 27 heavy (non-hydrogen) atoms. The van der Waals surface area contributed by atoms with Gasteiger partial charge in [-0.15, -0.1) is 12.4 Å². The fourth-order valence-corrected chi connectivity index (χ4v) is 5.30. The minimum absolute atomic E-state index is 0. The summed E-state index contributed by atoms with van der Waals surface area (Å²) in [7, 11) is -2.47. The summed E-state index contributed by atoms with van der Waals surface area (Å²) in [6.45, 7) is 2.50. The summed E-state index contributed by atoms with van der Waals surface area (Å²) in [5.41, 5.74) is 7.03. The number of rotatable bonds is 5. The molecule has 3 rings (SSSR count). The number of ether oxygens (including phenoxy) is 1. The molecule has 0 amide bonds. The molecule has 0 saturated carbocycles. The fraction of sp³-hybridized carbons (Fsp3) is 0.368. The zero-order valence-electron chi connectivity index (χ0n) is 15.3.